The summed E-state index contributed by atoms with van der Waals surface area (Å²) in [5, 5.41) is 10.1. The smallest absolute Gasteiger partial charge is 0.327 e. The first kappa shape index (κ1) is 20.5. The molecule has 0 saturated carbocycles. The molecule has 152 valence electrons. The van der Waals surface area contributed by atoms with Crippen LogP contribution in [0.4, 0.5) is 0 Å². The standard InChI is InChI=1S/C24H20ClNO3S/c25-19-13-11-18(12-14-19)23-26(20(15-30-23)24(28)29)22(27)21(16-7-3-1-4-8-16)17-9-5-2-6-10-17/h1-14,20-21,23H,15H2,(H,28,29). The molecular weight excluding hydrogens is 418 g/mol. The number of nitrogens with zero attached hydrogens (tertiary/aromatic N) is 1. The maximum atomic E-state index is 13.9. The number of amides is 1. The molecule has 0 aliphatic carbocycles. The highest BCUT2D eigenvalue weighted by Gasteiger charge is 2.45. The van der Waals surface area contributed by atoms with Gasteiger partial charge in [-0.2, -0.15) is 0 Å². The third-order valence-electron chi connectivity index (χ3n) is 5.21. The van der Waals surface area contributed by atoms with Gasteiger partial charge in [0.1, 0.15) is 11.4 Å². The van der Waals surface area contributed by atoms with Crippen LogP contribution >= 0.6 is 23.4 Å². The maximum absolute atomic E-state index is 13.9. The summed E-state index contributed by atoms with van der Waals surface area (Å²) in [6.45, 7) is 0. The van der Waals surface area contributed by atoms with Crippen molar-refractivity contribution < 1.29 is 14.7 Å². The lowest BCUT2D eigenvalue weighted by Gasteiger charge is -2.31. The second-order valence-corrected chi connectivity index (χ2v) is 8.64. The first-order valence-corrected chi connectivity index (χ1v) is 11.0. The zero-order chi connectivity index (χ0) is 21.1. The Labute approximate surface area is 184 Å². The van der Waals surface area contributed by atoms with E-state index in [1.165, 1.54) is 16.7 Å². The highest BCUT2D eigenvalue weighted by Crippen LogP contribution is 2.44. The van der Waals surface area contributed by atoms with Crippen LogP contribution in [0, 0.1) is 0 Å². The van der Waals surface area contributed by atoms with E-state index in [9.17, 15) is 14.7 Å². The fourth-order valence-corrected chi connectivity index (χ4v) is 5.32. The molecule has 0 bridgehead atoms. The first-order chi connectivity index (χ1) is 14.6. The molecule has 30 heavy (non-hydrogen) atoms. The van der Waals surface area contributed by atoms with Gasteiger partial charge in [0, 0.05) is 10.8 Å². The SMILES string of the molecule is O=C(O)C1CSC(c2ccc(Cl)cc2)N1C(=O)C(c1ccccc1)c1ccccc1. The van der Waals surface area contributed by atoms with Gasteiger partial charge in [-0.3, -0.25) is 4.79 Å². The summed E-state index contributed by atoms with van der Waals surface area (Å²) in [4.78, 5) is 27.5. The van der Waals surface area contributed by atoms with Crippen molar-refractivity contribution in [1.82, 2.24) is 4.90 Å². The number of carboxylic acids is 1. The number of thioether (sulfide) groups is 1. The maximum Gasteiger partial charge on any atom is 0.327 e. The molecule has 1 saturated heterocycles. The van der Waals surface area contributed by atoms with Crippen LogP contribution in [0.2, 0.25) is 5.02 Å². The van der Waals surface area contributed by atoms with Gasteiger partial charge in [0.25, 0.3) is 0 Å². The van der Waals surface area contributed by atoms with Crippen molar-refractivity contribution in [2.24, 2.45) is 0 Å². The average molecular weight is 438 g/mol. The lowest BCUT2D eigenvalue weighted by molar-refractivity contribution is -0.149. The van der Waals surface area contributed by atoms with Crippen LogP contribution in [0.5, 0.6) is 0 Å². The lowest BCUT2D eigenvalue weighted by atomic mass is 9.89. The molecule has 1 N–H and O–H groups in total. The fraction of sp³-hybridized carbons (Fsp3) is 0.167. The van der Waals surface area contributed by atoms with E-state index in [4.69, 9.17) is 11.6 Å². The minimum atomic E-state index is -0.993. The number of halogens is 1. The van der Waals surface area contributed by atoms with Crippen LogP contribution in [-0.2, 0) is 9.59 Å². The predicted molar refractivity (Wildman–Crippen MR) is 120 cm³/mol. The number of carbonyl (C=O) groups is 2. The van der Waals surface area contributed by atoms with E-state index >= 15 is 0 Å². The van der Waals surface area contributed by atoms with E-state index < -0.39 is 17.9 Å². The number of carbonyl (C=O) groups excluding carboxylic acids is 1. The molecule has 2 atom stereocenters. The van der Waals surface area contributed by atoms with Crippen LogP contribution in [0.15, 0.2) is 84.9 Å². The molecule has 1 heterocycles. The van der Waals surface area contributed by atoms with Crippen LogP contribution in [0.3, 0.4) is 0 Å². The Balaban J connectivity index is 1.78. The normalized spacial score (nSPS) is 18.5. The fourth-order valence-electron chi connectivity index (χ4n) is 3.77. The second-order valence-electron chi connectivity index (χ2n) is 7.09. The highest BCUT2D eigenvalue weighted by atomic mass is 35.5. The highest BCUT2D eigenvalue weighted by molar-refractivity contribution is 7.99. The van der Waals surface area contributed by atoms with Gasteiger partial charge >= 0.3 is 5.97 Å². The molecule has 0 spiro atoms. The van der Waals surface area contributed by atoms with E-state index in [-0.39, 0.29) is 11.3 Å². The van der Waals surface area contributed by atoms with E-state index in [1.807, 2.05) is 72.8 Å². The minimum Gasteiger partial charge on any atom is -0.480 e. The summed E-state index contributed by atoms with van der Waals surface area (Å²) in [5.74, 6) is -1.45. The molecule has 6 heteroatoms. The van der Waals surface area contributed by atoms with Crippen molar-refractivity contribution in [2.45, 2.75) is 17.3 Å². The predicted octanol–water partition coefficient (Wildman–Crippen LogP) is 5.20. The monoisotopic (exact) mass is 437 g/mol. The third kappa shape index (κ3) is 4.09. The van der Waals surface area contributed by atoms with Gasteiger partial charge in [-0.1, -0.05) is 84.4 Å². The molecule has 1 amide bonds. The van der Waals surface area contributed by atoms with Crippen LogP contribution < -0.4 is 0 Å². The molecule has 4 nitrogen and oxygen atoms in total. The topological polar surface area (TPSA) is 57.6 Å². The van der Waals surface area contributed by atoms with E-state index in [0.717, 1.165) is 16.7 Å². The molecule has 1 aliphatic heterocycles. The Morgan fingerprint density at radius 1 is 0.900 bits per heavy atom. The Kier molecular flexibility index (Phi) is 6.11. The van der Waals surface area contributed by atoms with Gasteiger partial charge in [-0.05, 0) is 28.8 Å². The van der Waals surface area contributed by atoms with Crippen molar-refractivity contribution in [3.63, 3.8) is 0 Å². The van der Waals surface area contributed by atoms with Gasteiger partial charge in [-0.25, -0.2) is 4.79 Å². The summed E-state index contributed by atoms with van der Waals surface area (Å²) in [6, 6.07) is 25.3. The molecular formula is C24H20ClNO3S. The summed E-state index contributed by atoms with van der Waals surface area (Å²) < 4.78 is 0. The van der Waals surface area contributed by atoms with Crippen LogP contribution in [-0.4, -0.2) is 33.7 Å². The quantitative estimate of drug-likeness (QED) is 0.596. The van der Waals surface area contributed by atoms with Gasteiger partial charge < -0.3 is 10.0 Å². The third-order valence-corrected chi connectivity index (χ3v) is 6.78. The zero-order valence-electron chi connectivity index (χ0n) is 16.0. The number of hydrogen-bond donors (Lipinski definition) is 1. The van der Waals surface area contributed by atoms with Gasteiger partial charge in [-0.15, -0.1) is 11.8 Å². The average Bonchev–Trinajstić information content (AvgIpc) is 3.21. The summed E-state index contributed by atoms with van der Waals surface area (Å²) in [5.41, 5.74) is 2.54. The molecule has 0 radical (unpaired) electrons. The number of hydrogen-bond acceptors (Lipinski definition) is 3. The van der Waals surface area contributed by atoms with E-state index in [1.54, 1.807) is 12.1 Å². The summed E-state index contributed by atoms with van der Waals surface area (Å²) in [7, 11) is 0. The molecule has 0 aromatic heterocycles. The molecule has 1 fully saturated rings. The Morgan fingerprint density at radius 2 is 1.43 bits per heavy atom. The molecule has 3 aromatic carbocycles. The van der Waals surface area contributed by atoms with Crippen molar-refractivity contribution in [2.75, 3.05) is 5.75 Å². The summed E-state index contributed by atoms with van der Waals surface area (Å²) in [6.07, 6.45) is 0. The Hall–Kier alpha value is -2.76. The van der Waals surface area contributed by atoms with Crippen molar-refractivity contribution in [1.29, 1.82) is 0 Å². The largest absolute Gasteiger partial charge is 0.480 e. The van der Waals surface area contributed by atoms with Crippen molar-refractivity contribution in [3.05, 3.63) is 107 Å². The molecule has 3 aromatic rings. The van der Waals surface area contributed by atoms with Crippen molar-refractivity contribution >= 4 is 35.2 Å². The van der Waals surface area contributed by atoms with Crippen LogP contribution in [0.1, 0.15) is 28.0 Å². The number of benzene rings is 3. The number of aliphatic carboxylic acids is 1. The summed E-state index contributed by atoms with van der Waals surface area (Å²) >= 11 is 7.49. The zero-order valence-corrected chi connectivity index (χ0v) is 17.6. The molecule has 1 aliphatic rings. The van der Waals surface area contributed by atoms with Gasteiger partial charge in [0.2, 0.25) is 5.91 Å². The van der Waals surface area contributed by atoms with E-state index in [2.05, 4.69) is 0 Å². The Morgan fingerprint density at radius 3 is 1.93 bits per heavy atom. The van der Waals surface area contributed by atoms with Gasteiger partial charge in [0.15, 0.2) is 0 Å². The van der Waals surface area contributed by atoms with Gasteiger partial charge in [0.05, 0.1) is 5.92 Å². The molecule has 4 rings (SSSR count). The second kappa shape index (κ2) is 8.94. The first-order valence-electron chi connectivity index (χ1n) is 9.58. The van der Waals surface area contributed by atoms with Crippen LogP contribution in [0.25, 0.3) is 0 Å². The lowest BCUT2D eigenvalue weighted by Crippen LogP contribution is -2.45. The number of carboxylic acid groups (broad SMARTS) is 1. The number of rotatable bonds is 5. The van der Waals surface area contributed by atoms with E-state index in [0.29, 0.717) is 10.8 Å². The Bertz CT molecular complexity index is 988. The van der Waals surface area contributed by atoms with Crippen molar-refractivity contribution in [3.8, 4) is 0 Å². The minimum absolute atomic E-state index is 0.218. The molecule has 2 unspecified atom stereocenters.